The molecule has 4 nitrogen and oxygen atoms in total. The van der Waals surface area contributed by atoms with E-state index in [1.807, 2.05) is 6.07 Å². The maximum Gasteiger partial charge on any atom is 0.407 e. The Bertz CT molecular complexity index is 626. The Morgan fingerprint density at radius 3 is 2.67 bits per heavy atom. The molecule has 2 heterocycles. The van der Waals surface area contributed by atoms with Crippen LogP contribution in [0.4, 0.5) is 9.18 Å². The van der Waals surface area contributed by atoms with Gasteiger partial charge in [-0.25, -0.2) is 9.18 Å². The van der Waals surface area contributed by atoms with Crippen LogP contribution >= 0.6 is 0 Å². The van der Waals surface area contributed by atoms with Crippen LogP contribution < -0.4 is 0 Å². The first-order valence-electron chi connectivity index (χ1n) is 8.76. The number of carboxylic acid groups (broad SMARTS) is 1. The summed E-state index contributed by atoms with van der Waals surface area (Å²) in [5.41, 5.74) is 2.24. The molecule has 0 spiro atoms. The van der Waals surface area contributed by atoms with E-state index in [-0.39, 0.29) is 17.3 Å². The van der Waals surface area contributed by atoms with E-state index in [1.54, 1.807) is 11.0 Å². The van der Waals surface area contributed by atoms with Crippen LogP contribution in [0.15, 0.2) is 18.2 Å². The van der Waals surface area contributed by atoms with Gasteiger partial charge in [0.05, 0.1) is 0 Å². The van der Waals surface area contributed by atoms with E-state index in [4.69, 9.17) is 0 Å². The Kier molecular flexibility index (Phi) is 4.56. The van der Waals surface area contributed by atoms with E-state index in [0.29, 0.717) is 12.6 Å². The second-order valence-electron chi connectivity index (χ2n) is 8.17. The molecule has 2 unspecified atom stereocenters. The summed E-state index contributed by atoms with van der Waals surface area (Å²) in [6, 6.07) is 5.50. The Labute approximate surface area is 143 Å². The molecule has 0 saturated carbocycles. The standard InChI is InChI=1S/C19H27FN2O2/c1-19(2,3)17-11-16(7-9-22(17)18(23)24)21-8-6-13-10-15(20)5-4-14(13)12-21/h4-5,10,16-17H,6-9,11-12H2,1-3H3,(H,23,24). The summed E-state index contributed by atoms with van der Waals surface area (Å²) in [5, 5.41) is 9.50. The molecule has 1 amide bonds. The summed E-state index contributed by atoms with van der Waals surface area (Å²) < 4.78 is 13.4. The van der Waals surface area contributed by atoms with Crippen LogP contribution in [-0.4, -0.2) is 46.2 Å². The number of benzene rings is 1. The van der Waals surface area contributed by atoms with Gasteiger partial charge in [-0.15, -0.1) is 0 Å². The molecule has 0 bridgehead atoms. The number of rotatable bonds is 1. The van der Waals surface area contributed by atoms with E-state index in [0.717, 1.165) is 37.9 Å². The molecule has 1 fully saturated rings. The predicted molar refractivity (Wildman–Crippen MR) is 91.5 cm³/mol. The lowest BCUT2D eigenvalue weighted by Gasteiger charge is -2.48. The summed E-state index contributed by atoms with van der Waals surface area (Å²) in [5.74, 6) is -0.162. The Hall–Kier alpha value is -1.62. The minimum atomic E-state index is -0.812. The van der Waals surface area contributed by atoms with Gasteiger partial charge in [0.2, 0.25) is 0 Å². The fraction of sp³-hybridized carbons (Fsp3) is 0.632. The third-order valence-electron chi connectivity index (χ3n) is 5.55. The lowest BCUT2D eigenvalue weighted by molar-refractivity contribution is 0.0161. The summed E-state index contributed by atoms with van der Waals surface area (Å²) in [7, 11) is 0. The zero-order valence-corrected chi connectivity index (χ0v) is 14.8. The first-order valence-corrected chi connectivity index (χ1v) is 8.76. The highest BCUT2D eigenvalue weighted by Gasteiger charge is 2.40. The van der Waals surface area contributed by atoms with E-state index < -0.39 is 6.09 Å². The van der Waals surface area contributed by atoms with Crippen molar-refractivity contribution in [2.24, 2.45) is 5.41 Å². The lowest BCUT2D eigenvalue weighted by atomic mass is 9.78. The number of likely N-dealkylation sites (tertiary alicyclic amines) is 1. The normalized spacial score (nSPS) is 25.4. The highest BCUT2D eigenvalue weighted by molar-refractivity contribution is 5.65. The molecule has 2 aliphatic heterocycles. The van der Waals surface area contributed by atoms with Gasteiger partial charge in [0.15, 0.2) is 0 Å². The average Bonchev–Trinajstić information content (AvgIpc) is 2.53. The van der Waals surface area contributed by atoms with Crippen molar-refractivity contribution in [3.05, 3.63) is 35.1 Å². The second kappa shape index (κ2) is 6.36. The molecule has 24 heavy (non-hydrogen) atoms. The van der Waals surface area contributed by atoms with E-state index in [9.17, 15) is 14.3 Å². The number of piperidine rings is 1. The molecule has 1 saturated heterocycles. The topological polar surface area (TPSA) is 43.8 Å². The summed E-state index contributed by atoms with van der Waals surface area (Å²) >= 11 is 0. The molecular weight excluding hydrogens is 307 g/mol. The maximum atomic E-state index is 13.4. The third-order valence-corrected chi connectivity index (χ3v) is 5.55. The molecule has 0 radical (unpaired) electrons. The molecule has 1 N–H and O–H groups in total. The van der Waals surface area contributed by atoms with Crippen LogP contribution in [0.1, 0.15) is 44.7 Å². The van der Waals surface area contributed by atoms with E-state index in [2.05, 4.69) is 25.7 Å². The number of carbonyl (C=O) groups is 1. The summed E-state index contributed by atoms with van der Waals surface area (Å²) in [6.45, 7) is 8.70. The third kappa shape index (κ3) is 3.41. The SMILES string of the molecule is CC(C)(C)C1CC(N2CCc3cc(F)ccc3C2)CCN1C(=O)O. The first kappa shape index (κ1) is 17.2. The molecule has 3 rings (SSSR count). The molecule has 132 valence electrons. The zero-order chi connectivity index (χ0) is 17.5. The Balaban J connectivity index is 1.74. The van der Waals surface area contributed by atoms with Crippen LogP contribution in [0.25, 0.3) is 0 Å². The minimum absolute atomic E-state index is 0.0309. The fourth-order valence-corrected chi connectivity index (χ4v) is 4.18. The van der Waals surface area contributed by atoms with Crippen LogP contribution in [0.2, 0.25) is 0 Å². The Morgan fingerprint density at radius 2 is 2.00 bits per heavy atom. The number of halogens is 1. The van der Waals surface area contributed by atoms with Gasteiger partial charge in [0, 0.05) is 31.7 Å². The maximum absolute atomic E-state index is 13.4. The highest BCUT2D eigenvalue weighted by Crippen LogP contribution is 2.35. The Morgan fingerprint density at radius 1 is 1.25 bits per heavy atom. The zero-order valence-electron chi connectivity index (χ0n) is 14.8. The van der Waals surface area contributed by atoms with Crippen molar-refractivity contribution in [2.75, 3.05) is 13.1 Å². The molecule has 5 heteroatoms. The van der Waals surface area contributed by atoms with Gasteiger partial charge < -0.3 is 10.0 Å². The number of fused-ring (bicyclic) bond motifs is 1. The van der Waals surface area contributed by atoms with Crippen LogP contribution in [0.3, 0.4) is 0 Å². The van der Waals surface area contributed by atoms with Crippen molar-refractivity contribution in [1.82, 2.24) is 9.80 Å². The van der Waals surface area contributed by atoms with Crippen molar-refractivity contribution in [1.29, 1.82) is 0 Å². The van der Waals surface area contributed by atoms with Gasteiger partial charge in [-0.3, -0.25) is 4.90 Å². The number of amides is 1. The number of nitrogens with zero attached hydrogens (tertiary/aromatic N) is 2. The first-order chi connectivity index (χ1) is 11.3. The van der Waals surface area contributed by atoms with Crippen LogP contribution in [-0.2, 0) is 13.0 Å². The van der Waals surface area contributed by atoms with E-state index >= 15 is 0 Å². The molecule has 1 aromatic rings. The van der Waals surface area contributed by atoms with Crippen LogP contribution in [0.5, 0.6) is 0 Å². The smallest absolute Gasteiger partial charge is 0.407 e. The summed E-state index contributed by atoms with van der Waals surface area (Å²) in [4.78, 5) is 15.6. The molecule has 1 aromatic carbocycles. The largest absolute Gasteiger partial charge is 0.465 e. The van der Waals surface area contributed by atoms with Crippen molar-refractivity contribution in [2.45, 2.75) is 58.7 Å². The predicted octanol–water partition coefficient (Wildman–Crippen LogP) is 3.74. The minimum Gasteiger partial charge on any atom is -0.465 e. The van der Waals surface area contributed by atoms with Crippen molar-refractivity contribution in [3.8, 4) is 0 Å². The highest BCUT2D eigenvalue weighted by atomic mass is 19.1. The van der Waals surface area contributed by atoms with Gasteiger partial charge in [0.25, 0.3) is 0 Å². The van der Waals surface area contributed by atoms with Crippen LogP contribution in [0, 0.1) is 11.2 Å². The van der Waals surface area contributed by atoms with Gasteiger partial charge in [-0.2, -0.15) is 0 Å². The van der Waals surface area contributed by atoms with Gasteiger partial charge in [-0.1, -0.05) is 26.8 Å². The molecule has 2 atom stereocenters. The van der Waals surface area contributed by atoms with E-state index in [1.165, 1.54) is 11.6 Å². The second-order valence-corrected chi connectivity index (χ2v) is 8.17. The van der Waals surface area contributed by atoms with Crippen molar-refractivity contribution in [3.63, 3.8) is 0 Å². The van der Waals surface area contributed by atoms with Crippen molar-refractivity contribution < 1.29 is 14.3 Å². The monoisotopic (exact) mass is 334 g/mol. The molecule has 2 aliphatic rings. The quantitative estimate of drug-likeness (QED) is 0.851. The number of hydrogen-bond donors (Lipinski definition) is 1. The fourth-order valence-electron chi connectivity index (χ4n) is 4.18. The average molecular weight is 334 g/mol. The molecular formula is C19H27FN2O2. The molecule has 0 aromatic heterocycles. The summed E-state index contributed by atoms with van der Waals surface area (Å²) in [6.07, 6.45) is 1.79. The van der Waals surface area contributed by atoms with Crippen molar-refractivity contribution >= 4 is 6.09 Å². The number of hydrogen-bond acceptors (Lipinski definition) is 2. The van der Waals surface area contributed by atoms with Gasteiger partial charge in [0.1, 0.15) is 5.82 Å². The van der Waals surface area contributed by atoms with Gasteiger partial charge in [-0.05, 0) is 47.9 Å². The lowest BCUT2D eigenvalue weighted by Crippen LogP contribution is -2.56. The molecule has 0 aliphatic carbocycles. The van der Waals surface area contributed by atoms with Gasteiger partial charge >= 0.3 is 6.09 Å².